The number of aryl methyl sites for hydroxylation is 3. The lowest BCUT2D eigenvalue weighted by atomic mass is 10.2. The van der Waals surface area contributed by atoms with Crippen molar-refractivity contribution in [1.82, 2.24) is 10.1 Å². The molecule has 4 aromatic rings. The fourth-order valence-corrected chi connectivity index (χ4v) is 4.07. The zero-order chi connectivity index (χ0) is 22.5. The van der Waals surface area contributed by atoms with Crippen LogP contribution in [-0.2, 0) is 6.61 Å². The second-order valence-corrected chi connectivity index (χ2v) is 8.48. The van der Waals surface area contributed by atoms with Crippen molar-refractivity contribution >= 4 is 23.4 Å². The maximum Gasteiger partial charge on any atom is 0.259 e. The molecule has 0 aliphatic rings. The third-order valence-electron chi connectivity index (χ3n) is 4.74. The zero-order valence-electron chi connectivity index (χ0n) is 18.1. The fourth-order valence-electron chi connectivity index (χ4n) is 3.07. The van der Waals surface area contributed by atoms with Crippen molar-refractivity contribution in [3.05, 3.63) is 95.1 Å². The Balaban J connectivity index is 1.42. The SMILES string of the molecule is Cc1ccc(C)c(Sc2ccc(NC(=O)c3ccccc3OCc3noc(C)n3)cc2)c1. The van der Waals surface area contributed by atoms with Gasteiger partial charge in [0.05, 0.1) is 5.56 Å². The lowest BCUT2D eigenvalue weighted by Crippen LogP contribution is -2.13. The first-order chi connectivity index (χ1) is 15.5. The van der Waals surface area contributed by atoms with Gasteiger partial charge in [0.15, 0.2) is 6.61 Å². The van der Waals surface area contributed by atoms with Crippen LogP contribution >= 0.6 is 11.8 Å². The van der Waals surface area contributed by atoms with Crippen LogP contribution in [0.15, 0.2) is 81.0 Å². The first-order valence-corrected chi connectivity index (χ1v) is 11.0. The van der Waals surface area contributed by atoms with E-state index < -0.39 is 0 Å². The van der Waals surface area contributed by atoms with Crippen molar-refractivity contribution in [2.45, 2.75) is 37.2 Å². The monoisotopic (exact) mass is 445 g/mol. The van der Waals surface area contributed by atoms with E-state index in [0.29, 0.717) is 28.7 Å². The number of carbonyl (C=O) groups excluding carboxylic acids is 1. The van der Waals surface area contributed by atoms with E-state index in [1.54, 1.807) is 36.9 Å². The van der Waals surface area contributed by atoms with Crippen molar-refractivity contribution in [1.29, 1.82) is 0 Å². The van der Waals surface area contributed by atoms with E-state index in [9.17, 15) is 4.79 Å². The van der Waals surface area contributed by atoms with Crippen molar-refractivity contribution in [3.8, 4) is 5.75 Å². The average molecular weight is 446 g/mol. The standard InChI is InChI=1S/C25H23N3O3S/c1-16-8-9-17(2)23(14-16)32-20-12-10-19(11-13-20)27-25(29)21-6-4-5-7-22(21)30-15-24-26-18(3)31-28-24/h4-14H,15H2,1-3H3,(H,27,29). The molecule has 0 unspecified atom stereocenters. The Labute approximate surface area is 191 Å². The van der Waals surface area contributed by atoms with Gasteiger partial charge in [-0.2, -0.15) is 4.98 Å². The van der Waals surface area contributed by atoms with Gasteiger partial charge in [0, 0.05) is 22.4 Å². The summed E-state index contributed by atoms with van der Waals surface area (Å²) in [5, 5.41) is 6.74. The lowest BCUT2D eigenvalue weighted by Gasteiger charge is -2.11. The molecule has 3 aromatic carbocycles. The van der Waals surface area contributed by atoms with Crippen LogP contribution in [-0.4, -0.2) is 16.0 Å². The minimum atomic E-state index is -0.250. The van der Waals surface area contributed by atoms with Gasteiger partial charge in [-0.25, -0.2) is 0 Å². The van der Waals surface area contributed by atoms with E-state index in [1.807, 2.05) is 30.3 Å². The molecule has 0 radical (unpaired) electrons. The molecule has 0 saturated heterocycles. The molecule has 0 spiro atoms. The van der Waals surface area contributed by atoms with Gasteiger partial charge in [0.1, 0.15) is 5.75 Å². The maximum absolute atomic E-state index is 12.9. The highest BCUT2D eigenvalue weighted by atomic mass is 32.2. The number of para-hydroxylation sites is 1. The van der Waals surface area contributed by atoms with Gasteiger partial charge in [0.2, 0.25) is 11.7 Å². The number of aromatic nitrogens is 2. The van der Waals surface area contributed by atoms with E-state index in [2.05, 4.69) is 47.5 Å². The van der Waals surface area contributed by atoms with Crippen LogP contribution in [0, 0.1) is 20.8 Å². The third kappa shape index (κ3) is 5.36. The minimum absolute atomic E-state index is 0.117. The maximum atomic E-state index is 12.9. The van der Waals surface area contributed by atoms with Crippen molar-refractivity contribution < 1.29 is 14.1 Å². The summed E-state index contributed by atoms with van der Waals surface area (Å²) >= 11 is 1.71. The first kappa shape index (κ1) is 21.6. The third-order valence-corrected chi connectivity index (χ3v) is 5.91. The van der Waals surface area contributed by atoms with Crippen molar-refractivity contribution in [2.24, 2.45) is 0 Å². The van der Waals surface area contributed by atoms with Gasteiger partial charge in [-0.3, -0.25) is 4.79 Å². The molecule has 0 atom stereocenters. The molecule has 1 N–H and O–H groups in total. The first-order valence-electron chi connectivity index (χ1n) is 10.2. The number of ether oxygens (including phenoxy) is 1. The van der Waals surface area contributed by atoms with Crippen LogP contribution in [0.3, 0.4) is 0 Å². The van der Waals surface area contributed by atoms with Crippen LogP contribution in [0.5, 0.6) is 5.75 Å². The second-order valence-electron chi connectivity index (χ2n) is 7.36. The Bertz CT molecular complexity index is 1240. The Hall–Kier alpha value is -3.58. The summed E-state index contributed by atoms with van der Waals surface area (Å²) in [7, 11) is 0. The van der Waals surface area contributed by atoms with Crippen molar-refractivity contribution in [2.75, 3.05) is 5.32 Å². The Morgan fingerprint density at radius 3 is 2.56 bits per heavy atom. The summed E-state index contributed by atoms with van der Waals surface area (Å²) in [5.41, 5.74) is 3.62. The number of carbonyl (C=O) groups is 1. The molecule has 1 aromatic heterocycles. The highest BCUT2D eigenvalue weighted by Crippen LogP contribution is 2.32. The Morgan fingerprint density at radius 2 is 1.81 bits per heavy atom. The van der Waals surface area contributed by atoms with E-state index in [1.165, 1.54) is 16.0 Å². The van der Waals surface area contributed by atoms with E-state index in [0.717, 1.165) is 4.90 Å². The predicted octanol–water partition coefficient (Wildman–Crippen LogP) is 5.98. The fraction of sp³-hybridized carbons (Fsp3) is 0.160. The molecule has 0 bridgehead atoms. The normalized spacial score (nSPS) is 10.7. The number of benzene rings is 3. The molecule has 4 rings (SSSR count). The number of anilines is 1. The number of nitrogens with zero attached hydrogens (tertiary/aromatic N) is 2. The molecule has 6 nitrogen and oxygen atoms in total. The molecule has 7 heteroatoms. The lowest BCUT2D eigenvalue weighted by molar-refractivity contribution is 0.102. The number of hydrogen-bond acceptors (Lipinski definition) is 6. The Kier molecular flexibility index (Phi) is 6.56. The van der Waals surface area contributed by atoms with Gasteiger partial charge in [-0.15, -0.1) is 0 Å². The molecular weight excluding hydrogens is 422 g/mol. The minimum Gasteiger partial charge on any atom is -0.485 e. The largest absolute Gasteiger partial charge is 0.485 e. The number of hydrogen-bond donors (Lipinski definition) is 1. The predicted molar refractivity (Wildman–Crippen MR) is 124 cm³/mol. The van der Waals surface area contributed by atoms with Crippen LogP contribution in [0.4, 0.5) is 5.69 Å². The van der Waals surface area contributed by atoms with Crippen LogP contribution in [0.2, 0.25) is 0 Å². The van der Waals surface area contributed by atoms with Crippen LogP contribution in [0.25, 0.3) is 0 Å². The summed E-state index contributed by atoms with van der Waals surface area (Å²) in [4.78, 5) is 19.3. The van der Waals surface area contributed by atoms with Gasteiger partial charge < -0.3 is 14.6 Å². The molecule has 162 valence electrons. The van der Waals surface area contributed by atoms with Gasteiger partial charge in [-0.1, -0.05) is 41.2 Å². The number of amides is 1. The molecule has 32 heavy (non-hydrogen) atoms. The highest BCUT2D eigenvalue weighted by Gasteiger charge is 2.14. The zero-order valence-corrected chi connectivity index (χ0v) is 18.9. The molecule has 0 aliphatic carbocycles. The molecule has 0 fully saturated rings. The number of nitrogens with one attached hydrogen (secondary N) is 1. The van der Waals surface area contributed by atoms with Crippen LogP contribution < -0.4 is 10.1 Å². The van der Waals surface area contributed by atoms with Gasteiger partial charge in [0.25, 0.3) is 5.91 Å². The van der Waals surface area contributed by atoms with Gasteiger partial charge >= 0.3 is 0 Å². The molecule has 0 aliphatic heterocycles. The van der Waals surface area contributed by atoms with Gasteiger partial charge in [-0.05, 0) is 67.4 Å². The summed E-state index contributed by atoms with van der Waals surface area (Å²) < 4.78 is 10.7. The smallest absolute Gasteiger partial charge is 0.259 e. The summed E-state index contributed by atoms with van der Waals surface area (Å²) in [6, 6.07) is 21.3. The topological polar surface area (TPSA) is 77.2 Å². The number of rotatable bonds is 7. The van der Waals surface area contributed by atoms with E-state index in [-0.39, 0.29) is 12.5 Å². The quantitative estimate of drug-likeness (QED) is 0.377. The second kappa shape index (κ2) is 9.70. The summed E-state index contributed by atoms with van der Waals surface area (Å²) in [5.74, 6) is 1.10. The molecular formula is C25H23N3O3S. The average Bonchev–Trinajstić information content (AvgIpc) is 3.21. The summed E-state index contributed by atoms with van der Waals surface area (Å²) in [6.07, 6.45) is 0. The Morgan fingerprint density at radius 1 is 1.03 bits per heavy atom. The molecule has 1 amide bonds. The van der Waals surface area contributed by atoms with E-state index in [4.69, 9.17) is 9.26 Å². The van der Waals surface area contributed by atoms with E-state index >= 15 is 0 Å². The molecule has 1 heterocycles. The summed E-state index contributed by atoms with van der Waals surface area (Å²) in [6.45, 7) is 6.03. The van der Waals surface area contributed by atoms with Crippen LogP contribution in [0.1, 0.15) is 33.2 Å². The van der Waals surface area contributed by atoms with Crippen molar-refractivity contribution in [3.63, 3.8) is 0 Å². The highest BCUT2D eigenvalue weighted by molar-refractivity contribution is 7.99. The molecule has 0 saturated carbocycles.